The van der Waals surface area contributed by atoms with Crippen LogP contribution in [0.2, 0.25) is 0 Å². The highest BCUT2D eigenvalue weighted by molar-refractivity contribution is 5.12. The van der Waals surface area contributed by atoms with E-state index >= 15 is 0 Å². The van der Waals surface area contributed by atoms with Crippen LogP contribution in [-0.4, -0.2) is 16.6 Å². The van der Waals surface area contributed by atoms with E-state index in [0.29, 0.717) is 6.04 Å². The van der Waals surface area contributed by atoms with Crippen molar-refractivity contribution in [2.75, 3.05) is 7.05 Å². The fourth-order valence-electron chi connectivity index (χ4n) is 2.57. The van der Waals surface area contributed by atoms with Crippen LogP contribution in [0.25, 0.3) is 0 Å². The molecule has 0 atom stereocenters. The van der Waals surface area contributed by atoms with Gasteiger partial charge in [0.25, 0.3) is 0 Å². The number of imidazole rings is 1. The second kappa shape index (κ2) is 4.58. The molecule has 1 aromatic rings. The summed E-state index contributed by atoms with van der Waals surface area (Å²) in [6.07, 6.45) is 10.8. The molecule has 2 rings (SSSR count). The summed E-state index contributed by atoms with van der Waals surface area (Å²) in [5, 5.41) is 3.36. The topological polar surface area (TPSA) is 29.9 Å². The summed E-state index contributed by atoms with van der Waals surface area (Å²) < 4.78 is 2.38. The van der Waals surface area contributed by atoms with Crippen LogP contribution in [0.5, 0.6) is 0 Å². The zero-order valence-corrected chi connectivity index (χ0v) is 10.7. The minimum Gasteiger partial charge on any atom is -0.330 e. The van der Waals surface area contributed by atoms with E-state index in [1.807, 2.05) is 19.6 Å². The molecule has 16 heavy (non-hydrogen) atoms. The lowest BCUT2D eigenvalue weighted by Gasteiger charge is -2.31. The molecule has 0 saturated heterocycles. The lowest BCUT2D eigenvalue weighted by molar-refractivity contribution is 0.318. The van der Waals surface area contributed by atoms with Gasteiger partial charge >= 0.3 is 0 Å². The first-order valence-electron chi connectivity index (χ1n) is 6.36. The van der Waals surface area contributed by atoms with Crippen molar-refractivity contribution in [3.8, 4) is 0 Å². The molecule has 1 aromatic heterocycles. The molecule has 0 amide bonds. The van der Waals surface area contributed by atoms with Crippen molar-refractivity contribution in [1.29, 1.82) is 0 Å². The first-order chi connectivity index (χ1) is 7.65. The lowest BCUT2D eigenvalue weighted by Crippen LogP contribution is -2.36. The van der Waals surface area contributed by atoms with E-state index < -0.39 is 0 Å². The largest absolute Gasteiger partial charge is 0.330 e. The van der Waals surface area contributed by atoms with Crippen molar-refractivity contribution in [2.45, 2.75) is 57.5 Å². The first kappa shape index (κ1) is 11.6. The second-order valence-electron chi connectivity index (χ2n) is 5.35. The third kappa shape index (κ3) is 2.14. The highest BCUT2D eigenvalue weighted by Crippen LogP contribution is 2.31. The predicted molar refractivity (Wildman–Crippen MR) is 66.4 cm³/mol. The smallest absolute Gasteiger partial charge is 0.0951 e. The number of nitrogens with one attached hydrogen (secondary N) is 1. The van der Waals surface area contributed by atoms with Gasteiger partial charge in [0, 0.05) is 6.04 Å². The number of hydrogen-bond acceptors (Lipinski definition) is 2. The van der Waals surface area contributed by atoms with E-state index in [4.69, 9.17) is 0 Å². The normalized spacial score (nSPS) is 18.9. The van der Waals surface area contributed by atoms with Gasteiger partial charge < -0.3 is 9.88 Å². The minimum absolute atomic E-state index is 0.00788. The summed E-state index contributed by atoms with van der Waals surface area (Å²) >= 11 is 0. The molecule has 1 N–H and O–H groups in total. The van der Waals surface area contributed by atoms with E-state index in [0.717, 1.165) is 0 Å². The Morgan fingerprint density at radius 3 is 2.62 bits per heavy atom. The molecule has 1 saturated carbocycles. The second-order valence-corrected chi connectivity index (χ2v) is 5.35. The monoisotopic (exact) mass is 221 g/mol. The van der Waals surface area contributed by atoms with Crippen LogP contribution in [0.1, 0.15) is 57.7 Å². The van der Waals surface area contributed by atoms with E-state index in [-0.39, 0.29) is 5.54 Å². The van der Waals surface area contributed by atoms with Crippen LogP contribution < -0.4 is 5.32 Å². The SMILES string of the molecule is CNC(C)(C)c1cncn1C1CCCCC1. The molecule has 3 nitrogen and oxygen atoms in total. The molecule has 3 heteroatoms. The quantitative estimate of drug-likeness (QED) is 0.850. The lowest BCUT2D eigenvalue weighted by atomic mass is 9.93. The van der Waals surface area contributed by atoms with Gasteiger partial charge in [-0.05, 0) is 33.7 Å². The number of aromatic nitrogens is 2. The van der Waals surface area contributed by atoms with Gasteiger partial charge in [0.15, 0.2) is 0 Å². The first-order valence-corrected chi connectivity index (χ1v) is 6.36. The molecule has 90 valence electrons. The molecule has 0 spiro atoms. The molecular weight excluding hydrogens is 198 g/mol. The van der Waals surface area contributed by atoms with Gasteiger partial charge in [0.1, 0.15) is 0 Å². The van der Waals surface area contributed by atoms with Gasteiger partial charge in [-0.1, -0.05) is 19.3 Å². The van der Waals surface area contributed by atoms with Crippen molar-refractivity contribution in [3.63, 3.8) is 0 Å². The van der Waals surface area contributed by atoms with E-state index in [1.165, 1.54) is 37.8 Å². The highest BCUT2D eigenvalue weighted by atomic mass is 15.1. The average Bonchev–Trinajstić information content (AvgIpc) is 2.80. The van der Waals surface area contributed by atoms with Crippen LogP contribution in [0.15, 0.2) is 12.5 Å². The summed E-state index contributed by atoms with van der Waals surface area (Å²) in [6, 6.07) is 0.666. The van der Waals surface area contributed by atoms with E-state index in [9.17, 15) is 0 Å². The molecule has 1 aliphatic carbocycles. The summed E-state index contributed by atoms with van der Waals surface area (Å²) in [5.74, 6) is 0. The summed E-state index contributed by atoms with van der Waals surface area (Å²) in [6.45, 7) is 4.42. The van der Waals surface area contributed by atoms with Crippen molar-refractivity contribution in [3.05, 3.63) is 18.2 Å². The fourth-order valence-corrected chi connectivity index (χ4v) is 2.57. The Labute approximate surface area is 98.3 Å². The Hall–Kier alpha value is -0.830. The summed E-state index contributed by atoms with van der Waals surface area (Å²) in [4.78, 5) is 4.33. The Morgan fingerprint density at radius 1 is 1.31 bits per heavy atom. The summed E-state index contributed by atoms with van der Waals surface area (Å²) in [7, 11) is 2.01. The van der Waals surface area contributed by atoms with Crippen molar-refractivity contribution >= 4 is 0 Å². The molecule has 0 aliphatic heterocycles. The predicted octanol–water partition coefficient (Wildman–Crippen LogP) is 2.84. The molecule has 1 heterocycles. The van der Waals surface area contributed by atoms with E-state index in [2.05, 4.69) is 28.7 Å². The van der Waals surface area contributed by atoms with Crippen molar-refractivity contribution in [2.24, 2.45) is 0 Å². The van der Waals surface area contributed by atoms with Gasteiger partial charge in [-0.3, -0.25) is 0 Å². The molecule has 0 radical (unpaired) electrons. The Bertz CT molecular complexity index is 335. The van der Waals surface area contributed by atoms with Crippen LogP contribution in [0.3, 0.4) is 0 Å². The van der Waals surface area contributed by atoms with Gasteiger partial charge in [0.05, 0.1) is 23.8 Å². The number of hydrogen-bond donors (Lipinski definition) is 1. The maximum atomic E-state index is 4.33. The molecule has 0 aromatic carbocycles. The molecule has 1 aliphatic rings. The summed E-state index contributed by atoms with van der Waals surface area (Å²) in [5.41, 5.74) is 1.32. The maximum Gasteiger partial charge on any atom is 0.0951 e. The minimum atomic E-state index is 0.00788. The van der Waals surface area contributed by atoms with Crippen LogP contribution in [0.4, 0.5) is 0 Å². The molecular formula is C13H23N3. The van der Waals surface area contributed by atoms with Crippen molar-refractivity contribution in [1.82, 2.24) is 14.9 Å². The number of rotatable bonds is 3. The standard InChI is InChI=1S/C13H23N3/c1-13(2,14-3)12-9-15-10-16(12)11-7-5-4-6-8-11/h9-11,14H,4-8H2,1-3H3. The third-order valence-electron chi connectivity index (χ3n) is 3.90. The average molecular weight is 221 g/mol. The van der Waals surface area contributed by atoms with Gasteiger partial charge in [0.2, 0.25) is 0 Å². The van der Waals surface area contributed by atoms with E-state index in [1.54, 1.807) is 0 Å². The van der Waals surface area contributed by atoms with Crippen molar-refractivity contribution < 1.29 is 0 Å². The highest BCUT2D eigenvalue weighted by Gasteiger charge is 2.26. The van der Waals surface area contributed by atoms with Gasteiger partial charge in [-0.15, -0.1) is 0 Å². The van der Waals surface area contributed by atoms with Crippen LogP contribution in [-0.2, 0) is 5.54 Å². The Balaban J connectivity index is 2.24. The Kier molecular flexibility index (Phi) is 3.33. The maximum absolute atomic E-state index is 4.33. The van der Waals surface area contributed by atoms with Crippen LogP contribution in [0, 0.1) is 0 Å². The number of nitrogens with zero attached hydrogens (tertiary/aromatic N) is 2. The van der Waals surface area contributed by atoms with Crippen LogP contribution >= 0.6 is 0 Å². The molecule has 0 unspecified atom stereocenters. The zero-order valence-electron chi connectivity index (χ0n) is 10.7. The fraction of sp³-hybridized carbons (Fsp3) is 0.769. The molecule has 1 fully saturated rings. The van der Waals surface area contributed by atoms with Gasteiger partial charge in [-0.25, -0.2) is 4.98 Å². The third-order valence-corrected chi connectivity index (χ3v) is 3.90. The molecule has 0 bridgehead atoms. The van der Waals surface area contributed by atoms with Gasteiger partial charge in [-0.2, -0.15) is 0 Å². The zero-order chi connectivity index (χ0) is 11.6. The Morgan fingerprint density at radius 2 is 2.00 bits per heavy atom.